The van der Waals surface area contributed by atoms with Gasteiger partial charge in [-0.25, -0.2) is 0 Å². The van der Waals surface area contributed by atoms with Crippen molar-refractivity contribution in [1.29, 1.82) is 0 Å². The Morgan fingerprint density at radius 1 is 1.07 bits per heavy atom. The molecule has 0 radical (unpaired) electrons. The Bertz CT molecular complexity index is 860. The van der Waals surface area contributed by atoms with Gasteiger partial charge in [0.05, 0.1) is 36.6 Å². The van der Waals surface area contributed by atoms with Gasteiger partial charge in [-0.05, 0) is 49.3 Å². The van der Waals surface area contributed by atoms with Crippen LogP contribution in [-0.4, -0.2) is 48.4 Å². The van der Waals surface area contributed by atoms with Crippen molar-refractivity contribution in [3.05, 3.63) is 29.3 Å². The predicted molar refractivity (Wildman–Crippen MR) is 106 cm³/mol. The van der Waals surface area contributed by atoms with Gasteiger partial charge in [-0.15, -0.1) is 0 Å². The summed E-state index contributed by atoms with van der Waals surface area (Å²) in [6, 6.07) is 6.99. The van der Waals surface area contributed by atoms with E-state index in [4.69, 9.17) is 9.47 Å². The lowest BCUT2D eigenvalue weighted by Crippen LogP contribution is -2.20. The molecule has 5 nitrogen and oxygen atoms in total. The fraction of sp³-hybridized carbons (Fsp3) is 0.591. The summed E-state index contributed by atoms with van der Waals surface area (Å²) < 4.78 is 13.3. The lowest BCUT2D eigenvalue weighted by molar-refractivity contribution is 0.0688. The quantitative estimate of drug-likeness (QED) is 0.872. The molecule has 1 aromatic heterocycles. The third-order valence-corrected chi connectivity index (χ3v) is 6.20. The molecule has 5 heteroatoms. The Morgan fingerprint density at radius 3 is 2.67 bits per heavy atom. The van der Waals surface area contributed by atoms with Crippen LogP contribution in [0.4, 0.5) is 0 Å². The molecular weight excluding hydrogens is 340 g/mol. The highest BCUT2D eigenvalue weighted by molar-refractivity contribution is 6.14. The number of aryl methyl sites for hydroxylation is 1. The van der Waals surface area contributed by atoms with Crippen LogP contribution in [0.3, 0.4) is 0 Å². The van der Waals surface area contributed by atoms with Crippen LogP contribution in [0.2, 0.25) is 0 Å². The Hall–Kier alpha value is -1.85. The van der Waals surface area contributed by atoms with Crippen molar-refractivity contribution < 1.29 is 14.6 Å². The summed E-state index contributed by atoms with van der Waals surface area (Å²) in [7, 11) is 0. The first-order valence-electron chi connectivity index (χ1n) is 10.4. The lowest BCUT2D eigenvalue weighted by atomic mass is 10.0. The lowest BCUT2D eigenvalue weighted by Gasteiger charge is -2.25. The molecule has 2 aliphatic heterocycles. The molecule has 2 fully saturated rings. The van der Waals surface area contributed by atoms with Gasteiger partial charge in [-0.2, -0.15) is 0 Å². The SMILES string of the molecule is Oc1c(C2=NCCOC2)c2cc(CCC3CC3)ccc2n1C1CCOCC1. The number of aliphatic imine (C=N–C) groups is 1. The number of rotatable bonds is 5. The Kier molecular flexibility index (Phi) is 4.66. The van der Waals surface area contributed by atoms with E-state index in [0.717, 1.165) is 60.6 Å². The van der Waals surface area contributed by atoms with Crippen LogP contribution in [0.25, 0.3) is 10.9 Å². The minimum atomic E-state index is 0.275. The summed E-state index contributed by atoms with van der Waals surface area (Å²) in [6.07, 6.45) is 7.04. The van der Waals surface area contributed by atoms with Gasteiger partial charge in [0.2, 0.25) is 5.88 Å². The molecule has 144 valence electrons. The maximum absolute atomic E-state index is 11.2. The van der Waals surface area contributed by atoms with Crippen molar-refractivity contribution in [2.24, 2.45) is 10.9 Å². The first-order valence-corrected chi connectivity index (χ1v) is 10.4. The van der Waals surface area contributed by atoms with Crippen molar-refractivity contribution in [2.45, 2.75) is 44.6 Å². The maximum atomic E-state index is 11.2. The van der Waals surface area contributed by atoms with E-state index in [-0.39, 0.29) is 6.04 Å². The van der Waals surface area contributed by atoms with Gasteiger partial charge in [-0.1, -0.05) is 18.9 Å². The minimum absolute atomic E-state index is 0.275. The van der Waals surface area contributed by atoms with E-state index in [1.807, 2.05) is 0 Å². The molecule has 1 saturated heterocycles. The van der Waals surface area contributed by atoms with E-state index in [9.17, 15) is 5.11 Å². The molecule has 1 aliphatic carbocycles. The number of nitrogens with zero attached hydrogens (tertiary/aromatic N) is 2. The number of aromatic hydroxyl groups is 1. The van der Waals surface area contributed by atoms with Crippen LogP contribution < -0.4 is 0 Å². The summed E-state index contributed by atoms with van der Waals surface area (Å²) in [6.45, 7) is 3.31. The van der Waals surface area contributed by atoms with Crippen LogP contribution in [0.15, 0.2) is 23.2 Å². The van der Waals surface area contributed by atoms with Crippen molar-refractivity contribution in [1.82, 2.24) is 4.57 Å². The molecule has 0 bridgehead atoms. The largest absolute Gasteiger partial charge is 0.494 e. The maximum Gasteiger partial charge on any atom is 0.201 e. The summed E-state index contributed by atoms with van der Waals surface area (Å²) >= 11 is 0. The summed E-state index contributed by atoms with van der Waals surface area (Å²) in [5, 5.41) is 12.3. The van der Waals surface area contributed by atoms with E-state index >= 15 is 0 Å². The van der Waals surface area contributed by atoms with Gasteiger partial charge in [0, 0.05) is 24.6 Å². The van der Waals surface area contributed by atoms with Gasteiger partial charge in [0.1, 0.15) is 0 Å². The Labute approximate surface area is 160 Å². The number of hydrogen-bond acceptors (Lipinski definition) is 4. The van der Waals surface area contributed by atoms with E-state index in [1.165, 1.54) is 24.8 Å². The number of hydrogen-bond donors (Lipinski definition) is 1. The molecule has 0 atom stereocenters. The highest BCUT2D eigenvalue weighted by Gasteiger charge is 2.27. The third-order valence-electron chi connectivity index (χ3n) is 6.20. The van der Waals surface area contributed by atoms with Crippen molar-refractivity contribution in [3.63, 3.8) is 0 Å². The monoisotopic (exact) mass is 368 g/mol. The van der Waals surface area contributed by atoms with Crippen LogP contribution in [-0.2, 0) is 15.9 Å². The molecule has 0 spiro atoms. The molecule has 5 rings (SSSR count). The third kappa shape index (κ3) is 3.39. The molecule has 1 aromatic carbocycles. The number of ether oxygens (including phenoxy) is 2. The van der Waals surface area contributed by atoms with Crippen LogP contribution in [0.5, 0.6) is 5.88 Å². The molecular formula is C22H28N2O3. The smallest absolute Gasteiger partial charge is 0.201 e. The molecule has 3 aliphatic rings. The van der Waals surface area contributed by atoms with Crippen molar-refractivity contribution in [3.8, 4) is 5.88 Å². The summed E-state index contributed by atoms with van der Waals surface area (Å²) in [5.74, 6) is 1.28. The highest BCUT2D eigenvalue weighted by atomic mass is 16.5. The molecule has 0 unspecified atom stereocenters. The standard InChI is InChI=1S/C22H28N2O3/c25-22-21(19-14-27-12-9-23-19)18-13-16(4-3-15-1-2-15)5-6-20(18)24(22)17-7-10-26-11-8-17/h5-6,13,15,17,25H,1-4,7-12,14H2. The minimum Gasteiger partial charge on any atom is -0.494 e. The second-order valence-electron chi connectivity index (χ2n) is 8.13. The second-order valence-corrected chi connectivity index (χ2v) is 8.13. The predicted octanol–water partition coefficient (Wildman–Crippen LogP) is 3.86. The Morgan fingerprint density at radius 2 is 1.93 bits per heavy atom. The van der Waals surface area contributed by atoms with Crippen molar-refractivity contribution in [2.75, 3.05) is 33.0 Å². The molecule has 27 heavy (non-hydrogen) atoms. The fourth-order valence-electron chi connectivity index (χ4n) is 4.49. The second kappa shape index (κ2) is 7.28. The summed E-state index contributed by atoms with van der Waals surface area (Å²) in [4.78, 5) is 4.68. The molecule has 1 N–H and O–H groups in total. The van der Waals surface area contributed by atoms with Gasteiger partial charge in [0.25, 0.3) is 0 Å². The molecule has 0 amide bonds. The van der Waals surface area contributed by atoms with Crippen molar-refractivity contribution >= 4 is 16.6 Å². The molecule has 2 aromatic rings. The number of fused-ring (bicyclic) bond motifs is 1. The first-order chi connectivity index (χ1) is 13.3. The number of benzene rings is 1. The topological polar surface area (TPSA) is 56.0 Å². The highest BCUT2D eigenvalue weighted by Crippen LogP contribution is 2.39. The van der Waals surface area contributed by atoms with Crippen LogP contribution in [0, 0.1) is 5.92 Å². The van der Waals surface area contributed by atoms with Crippen LogP contribution >= 0.6 is 0 Å². The van der Waals surface area contributed by atoms with Gasteiger partial charge in [-0.3, -0.25) is 4.99 Å². The first kappa shape index (κ1) is 17.3. The Balaban J connectivity index is 1.60. The molecule has 1 saturated carbocycles. The van der Waals surface area contributed by atoms with Crippen LogP contribution in [0.1, 0.15) is 49.3 Å². The van der Waals surface area contributed by atoms with E-state index in [1.54, 1.807) is 0 Å². The van der Waals surface area contributed by atoms with Gasteiger partial charge >= 0.3 is 0 Å². The molecule has 3 heterocycles. The normalized spacial score (nSPS) is 21.6. The number of aromatic nitrogens is 1. The average Bonchev–Trinajstić information content (AvgIpc) is 3.50. The zero-order valence-corrected chi connectivity index (χ0v) is 15.8. The fourth-order valence-corrected chi connectivity index (χ4v) is 4.49. The van der Waals surface area contributed by atoms with E-state index in [0.29, 0.717) is 25.6 Å². The van der Waals surface area contributed by atoms with Gasteiger partial charge < -0.3 is 19.1 Å². The van der Waals surface area contributed by atoms with E-state index in [2.05, 4.69) is 27.8 Å². The van der Waals surface area contributed by atoms with E-state index < -0.39 is 0 Å². The zero-order chi connectivity index (χ0) is 18.2. The summed E-state index contributed by atoms with van der Waals surface area (Å²) in [5.41, 5.74) is 4.23. The van der Waals surface area contributed by atoms with Gasteiger partial charge in [0.15, 0.2) is 0 Å². The average molecular weight is 368 g/mol. The zero-order valence-electron chi connectivity index (χ0n) is 15.8.